The van der Waals surface area contributed by atoms with Gasteiger partial charge in [0.1, 0.15) is 5.82 Å². The highest BCUT2D eigenvalue weighted by Gasteiger charge is 2.23. The number of amides is 1. The molecule has 1 aromatic rings. The van der Waals surface area contributed by atoms with Crippen molar-refractivity contribution >= 4 is 11.9 Å². The summed E-state index contributed by atoms with van der Waals surface area (Å²) >= 11 is 0. The van der Waals surface area contributed by atoms with Gasteiger partial charge in [-0.25, -0.2) is 4.39 Å². The van der Waals surface area contributed by atoms with Crippen LogP contribution in [0.4, 0.5) is 4.39 Å². The van der Waals surface area contributed by atoms with Gasteiger partial charge in [0.25, 0.3) is 0 Å². The maximum atomic E-state index is 14.0. The van der Waals surface area contributed by atoms with Crippen LogP contribution in [0.3, 0.4) is 0 Å². The van der Waals surface area contributed by atoms with Gasteiger partial charge in [-0.2, -0.15) is 0 Å². The molecule has 1 rings (SSSR count). The lowest BCUT2D eigenvalue weighted by atomic mass is 10.0. The van der Waals surface area contributed by atoms with E-state index in [-0.39, 0.29) is 24.7 Å². The summed E-state index contributed by atoms with van der Waals surface area (Å²) in [7, 11) is 1.30. The van der Waals surface area contributed by atoms with Crippen LogP contribution in [0.1, 0.15) is 44.2 Å². The van der Waals surface area contributed by atoms with Gasteiger partial charge in [-0.05, 0) is 19.4 Å². The summed E-state index contributed by atoms with van der Waals surface area (Å²) in [6, 6.07) is 4.88. The van der Waals surface area contributed by atoms with E-state index in [1.807, 2.05) is 13.8 Å². The van der Waals surface area contributed by atoms with Crippen molar-refractivity contribution < 1.29 is 18.7 Å². The van der Waals surface area contributed by atoms with Crippen molar-refractivity contribution in [2.45, 2.75) is 46.6 Å². The van der Waals surface area contributed by atoms with Crippen LogP contribution in [0.15, 0.2) is 18.2 Å². The number of benzene rings is 1. The Kier molecular flexibility index (Phi) is 7.72. The summed E-state index contributed by atoms with van der Waals surface area (Å²) in [5, 5.41) is 0. The molecule has 0 aliphatic heterocycles. The molecule has 1 atom stereocenters. The normalized spacial score (nSPS) is 11.9. The molecule has 0 bridgehead atoms. The number of halogens is 1. The van der Waals surface area contributed by atoms with E-state index in [9.17, 15) is 14.0 Å². The zero-order valence-corrected chi connectivity index (χ0v) is 14.4. The lowest BCUT2D eigenvalue weighted by Crippen LogP contribution is -2.36. The van der Waals surface area contributed by atoms with Crippen molar-refractivity contribution in [1.29, 1.82) is 0 Å². The second-order valence-electron chi connectivity index (χ2n) is 5.89. The molecule has 0 fully saturated rings. The minimum atomic E-state index is -0.479. The highest BCUT2D eigenvalue weighted by Crippen LogP contribution is 2.17. The molecule has 0 heterocycles. The minimum absolute atomic E-state index is 0.0360. The first kappa shape index (κ1) is 19.1. The fourth-order valence-corrected chi connectivity index (χ4v) is 2.38. The van der Waals surface area contributed by atoms with Gasteiger partial charge in [-0.15, -0.1) is 0 Å². The molecule has 0 saturated heterocycles. The van der Waals surface area contributed by atoms with E-state index in [1.54, 1.807) is 24.0 Å². The first-order chi connectivity index (χ1) is 10.9. The zero-order valence-electron chi connectivity index (χ0n) is 14.4. The van der Waals surface area contributed by atoms with Crippen LogP contribution >= 0.6 is 0 Å². The number of carbonyl (C=O) groups is 2. The first-order valence-electron chi connectivity index (χ1n) is 7.99. The molecule has 0 unspecified atom stereocenters. The van der Waals surface area contributed by atoms with Crippen LogP contribution < -0.4 is 0 Å². The number of ether oxygens (including phenoxy) is 1. The number of unbranched alkanes of at least 4 members (excludes halogenated alkanes) is 1. The molecule has 1 amide bonds. The molecular weight excluding hydrogens is 297 g/mol. The summed E-state index contributed by atoms with van der Waals surface area (Å²) in [6.07, 6.45) is 1.81. The van der Waals surface area contributed by atoms with E-state index in [0.29, 0.717) is 12.1 Å². The number of methoxy groups -OCH3 is 1. The summed E-state index contributed by atoms with van der Waals surface area (Å²) in [5.74, 6) is -1.36. The van der Waals surface area contributed by atoms with E-state index < -0.39 is 11.9 Å². The second kappa shape index (κ2) is 9.28. The molecule has 1 aromatic carbocycles. The number of aryl methyl sites for hydroxylation is 1. The summed E-state index contributed by atoms with van der Waals surface area (Å²) in [6.45, 7) is 6.39. The molecule has 0 aliphatic rings. The smallest absolute Gasteiger partial charge is 0.306 e. The van der Waals surface area contributed by atoms with Gasteiger partial charge in [0.15, 0.2) is 0 Å². The van der Waals surface area contributed by atoms with Gasteiger partial charge < -0.3 is 9.64 Å². The predicted octanol–water partition coefficient (Wildman–Crippen LogP) is 3.46. The number of carbonyl (C=O) groups excluding carboxylic acids is 2. The average molecular weight is 323 g/mol. The van der Waals surface area contributed by atoms with Crippen LogP contribution in [0.5, 0.6) is 0 Å². The summed E-state index contributed by atoms with van der Waals surface area (Å²) < 4.78 is 18.6. The maximum absolute atomic E-state index is 14.0. The highest BCUT2D eigenvalue weighted by atomic mass is 19.1. The third-order valence-electron chi connectivity index (χ3n) is 3.78. The third kappa shape index (κ3) is 6.00. The number of rotatable bonds is 8. The van der Waals surface area contributed by atoms with Gasteiger partial charge in [0.05, 0.1) is 13.5 Å². The van der Waals surface area contributed by atoms with Gasteiger partial charge in [-0.3, -0.25) is 9.59 Å². The fourth-order valence-electron chi connectivity index (χ4n) is 2.38. The van der Waals surface area contributed by atoms with Crippen molar-refractivity contribution in [3.63, 3.8) is 0 Å². The maximum Gasteiger partial charge on any atom is 0.306 e. The quantitative estimate of drug-likeness (QED) is 0.688. The van der Waals surface area contributed by atoms with Crippen LogP contribution in [0.2, 0.25) is 0 Å². The lowest BCUT2D eigenvalue weighted by molar-refractivity contribution is -0.146. The monoisotopic (exact) mass is 323 g/mol. The molecule has 0 spiro atoms. The van der Waals surface area contributed by atoms with E-state index in [4.69, 9.17) is 0 Å². The Balaban J connectivity index is 2.88. The van der Waals surface area contributed by atoms with Crippen molar-refractivity contribution in [3.05, 3.63) is 35.1 Å². The molecular formula is C18H26FNO3. The Morgan fingerprint density at radius 3 is 2.65 bits per heavy atom. The average Bonchev–Trinajstić information content (AvgIpc) is 2.53. The topological polar surface area (TPSA) is 46.6 Å². The molecule has 128 valence electrons. The molecule has 0 N–H and O–H groups in total. The number of hydrogen-bond donors (Lipinski definition) is 0. The molecule has 4 nitrogen and oxygen atoms in total. The SMILES string of the molecule is CCCCN(Cc1cc(C)ccc1F)C(=O)[C@@H](C)CC(=O)OC. The van der Waals surface area contributed by atoms with Gasteiger partial charge in [-0.1, -0.05) is 38.0 Å². The number of nitrogens with zero attached hydrogens (tertiary/aromatic N) is 1. The van der Waals surface area contributed by atoms with Crippen LogP contribution in [-0.4, -0.2) is 30.4 Å². The second-order valence-corrected chi connectivity index (χ2v) is 5.89. The molecule has 0 saturated carbocycles. The number of esters is 1. The van der Waals surface area contributed by atoms with Crippen molar-refractivity contribution in [2.75, 3.05) is 13.7 Å². The Morgan fingerprint density at radius 1 is 1.35 bits per heavy atom. The molecule has 23 heavy (non-hydrogen) atoms. The molecule has 0 aromatic heterocycles. The lowest BCUT2D eigenvalue weighted by Gasteiger charge is -2.26. The van der Waals surface area contributed by atoms with Crippen LogP contribution in [-0.2, 0) is 20.9 Å². The Labute approximate surface area is 137 Å². The fraction of sp³-hybridized carbons (Fsp3) is 0.556. The largest absolute Gasteiger partial charge is 0.469 e. The van der Waals surface area contributed by atoms with Gasteiger partial charge >= 0.3 is 5.97 Å². The molecule has 5 heteroatoms. The standard InChI is InChI=1S/C18H26FNO3/c1-5-6-9-20(18(22)14(3)11-17(21)23-4)12-15-10-13(2)7-8-16(15)19/h7-8,10,14H,5-6,9,11-12H2,1-4H3/t14-/m0/s1. The van der Waals surface area contributed by atoms with E-state index in [1.165, 1.54) is 13.2 Å². The van der Waals surface area contributed by atoms with Gasteiger partial charge in [0, 0.05) is 24.6 Å². The van der Waals surface area contributed by atoms with Crippen LogP contribution in [0, 0.1) is 18.7 Å². The third-order valence-corrected chi connectivity index (χ3v) is 3.78. The minimum Gasteiger partial charge on any atom is -0.469 e. The summed E-state index contributed by atoms with van der Waals surface area (Å²) in [4.78, 5) is 25.6. The Hall–Kier alpha value is -1.91. The van der Waals surface area contributed by atoms with E-state index >= 15 is 0 Å². The van der Waals surface area contributed by atoms with E-state index in [0.717, 1.165) is 18.4 Å². The van der Waals surface area contributed by atoms with Crippen LogP contribution in [0.25, 0.3) is 0 Å². The first-order valence-corrected chi connectivity index (χ1v) is 7.99. The number of hydrogen-bond acceptors (Lipinski definition) is 3. The van der Waals surface area contributed by atoms with Crippen molar-refractivity contribution in [2.24, 2.45) is 5.92 Å². The van der Waals surface area contributed by atoms with Gasteiger partial charge in [0.2, 0.25) is 5.91 Å². The van der Waals surface area contributed by atoms with E-state index in [2.05, 4.69) is 4.74 Å². The highest BCUT2D eigenvalue weighted by molar-refractivity contribution is 5.83. The van der Waals surface area contributed by atoms with Crippen molar-refractivity contribution in [3.8, 4) is 0 Å². The Morgan fingerprint density at radius 2 is 2.04 bits per heavy atom. The molecule has 0 radical (unpaired) electrons. The summed E-state index contributed by atoms with van der Waals surface area (Å²) in [5.41, 5.74) is 1.45. The van der Waals surface area contributed by atoms with Crippen molar-refractivity contribution in [1.82, 2.24) is 4.90 Å². The Bertz CT molecular complexity index is 545. The zero-order chi connectivity index (χ0) is 17.4. The predicted molar refractivity (Wildman–Crippen MR) is 87.3 cm³/mol. The molecule has 0 aliphatic carbocycles.